The number of aliphatic hydroxyl groups excluding tert-OH is 1. The highest BCUT2D eigenvalue weighted by molar-refractivity contribution is 4.85. The minimum absolute atomic E-state index is 0.0470. The first-order chi connectivity index (χ1) is 10.1. The number of hydrogen-bond donors (Lipinski definition) is 2. The SMILES string of the molecule is C#C.C=C=CC.O=c1ccn([C@H]2CC[C@@H](CO)O2)c(=O)[nH]1. The zero-order chi connectivity index (χ0) is 16.3. The van der Waals surface area contributed by atoms with Crippen LogP contribution in [0.1, 0.15) is 26.0 Å². The molecule has 2 heterocycles. The summed E-state index contributed by atoms with van der Waals surface area (Å²) in [5.41, 5.74) is 1.65. The lowest BCUT2D eigenvalue weighted by molar-refractivity contribution is -0.0246. The van der Waals surface area contributed by atoms with Crippen LogP contribution in [0.25, 0.3) is 0 Å². The summed E-state index contributed by atoms with van der Waals surface area (Å²) in [4.78, 5) is 24.4. The van der Waals surface area contributed by atoms with Crippen molar-refractivity contribution < 1.29 is 9.84 Å². The number of nitrogens with one attached hydrogen (secondary N) is 1. The van der Waals surface area contributed by atoms with Gasteiger partial charge in [-0.25, -0.2) is 4.79 Å². The number of ether oxygens (including phenoxy) is 1. The summed E-state index contributed by atoms with van der Waals surface area (Å²) in [6.45, 7) is 5.13. The molecule has 6 heteroatoms. The van der Waals surface area contributed by atoms with Gasteiger partial charge in [-0.15, -0.1) is 18.6 Å². The van der Waals surface area contributed by atoms with E-state index < -0.39 is 11.2 Å². The monoisotopic (exact) mass is 292 g/mol. The third-order valence-electron chi connectivity index (χ3n) is 2.65. The highest BCUT2D eigenvalue weighted by Gasteiger charge is 2.26. The molecule has 0 aliphatic carbocycles. The van der Waals surface area contributed by atoms with Gasteiger partial charge in [0.15, 0.2) is 0 Å². The minimum Gasteiger partial charge on any atom is -0.394 e. The molecule has 0 amide bonds. The van der Waals surface area contributed by atoms with E-state index in [1.165, 1.54) is 16.8 Å². The molecule has 1 saturated heterocycles. The molecular formula is C15H20N2O4. The van der Waals surface area contributed by atoms with Gasteiger partial charge in [-0.3, -0.25) is 14.3 Å². The van der Waals surface area contributed by atoms with Crippen molar-refractivity contribution >= 4 is 0 Å². The predicted octanol–water partition coefficient (Wildman–Crippen LogP) is 0.803. The fraction of sp³-hybridized carbons (Fsp3) is 0.400. The van der Waals surface area contributed by atoms with Crippen molar-refractivity contribution in [1.29, 1.82) is 0 Å². The molecule has 2 rings (SSSR count). The number of aromatic amines is 1. The molecular weight excluding hydrogens is 272 g/mol. The topological polar surface area (TPSA) is 84.3 Å². The number of nitrogens with zero attached hydrogens (tertiary/aromatic N) is 1. The average molecular weight is 292 g/mol. The lowest BCUT2D eigenvalue weighted by Crippen LogP contribution is -2.31. The van der Waals surface area contributed by atoms with E-state index in [1.54, 1.807) is 6.08 Å². The molecule has 0 spiro atoms. The first-order valence-corrected chi connectivity index (χ1v) is 6.34. The predicted molar refractivity (Wildman–Crippen MR) is 80.8 cm³/mol. The second-order valence-corrected chi connectivity index (χ2v) is 3.98. The summed E-state index contributed by atoms with van der Waals surface area (Å²) in [6, 6.07) is 1.27. The molecule has 1 aliphatic heterocycles. The van der Waals surface area contributed by atoms with Crippen molar-refractivity contribution in [2.75, 3.05) is 6.61 Å². The van der Waals surface area contributed by atoms with Crippen LogP contribution in [0.4, 0.5) is 0 Å². The number of terminal acetylenes is 1. The number of rotatable bonds is 2. The summed E-state index contributed by atoms with van der Waals surface area (Å²) in [7, 11) is 0. The number of aliphatic hydroxyl groups is 1. The van der Waals surface area contributed by atoms with Crippen LogP contribution in [0.15, 0.2) is 40.2 Å². The third kappa shape index (κ3) is 6.11. The van der Waals surface area contributed by atoms with Gasteiger partial charge < -0.3 is 9.84 Å². The van der Waals surface area contributed by atoms with E-state index in [4.69, 9.17) is 9.84 Å². The van der Waals surface area contributed by atoms with Crippen LogP contribution < -0.4 is 11.2 Å². The Kier molecular flexibility index (Phi) is 9.31. The first-order valence-electron chi connectivity index (χ1n) is 6.34. The number of hydrogen-bond acceptors (Lipinski definition) is 4. The molecule has 0 saturated carbocycles. The summed E-state index contributed by atoms with van der Waals surface area (Å²) >= 11 is 0. The van der Waals surface area contributed by atoms with Gasteiger partial charge in [0.2, 0.25) is 0 Å². The van der Waals surface area contributed by atoms with Crippen LogP contribution in [0.3, 0.4) is 0 Å². The van der Waals surface area contributed by atoms with Gasteiger partial charge in [0.1, 0.15) is 6.23 Å². The lowest BCUT2D eigenvalue weighted by atomic mass is 10.2. The van der Waals surface area contributed by atoms with Crippen LogP contribution in [0.5, 0.6) is 0 Å². The van der Waals surface area contributed by atoms with Gasteiger partial charge in [0.05, 0.1) is 12.7 Å². The molecule has 0 aromatic carbocycles. The molecule has 0 unspecified atom stereocenters. The maximum Gasteiger partial charge on any atom is 0.330 e. The molecule has 1 aromatic heterocycles. The van der Waals surface area contributed by atoms with Crippen LogP contribution in [0, 0.1) is 12.8 Å². The first kappa shape index (κ1) is 18.7. The van der Waals surface area contributed by atoms with Crippen LogP contribution in [0.2, 0.25) is 0 Å². The van der Waals surface area contributed by atoms with Crippen molar-refractivity contribution in [2.45, 2.75) is 32.1 Å². The van der Waals surface area contributed by atoms with Crippen molar-refractivity contribution in [1.82, 2.24) is 9.55 Å². The molecule has 1 aliphatic rings. The van der Waals surface area contributed by atoms with Crippen LogP contribution >= 0.6 is 0 Å². The maximum absolute atomic E-state index is 11.4. The summed E-state index contributed by atoms with van der Waals surface area (Å²) in [5.74, 6) is 0. The Morgan fingerprint density at radius 2 is 2.19 bits per heavy atom. The number of H-pyrrole nitrogens is 1. The largest absolute Gasteiger partial charge is 0.394 e. The molecule has 6 nitrogen and oxygen atoms in total. The molecule has 0 bridgehead atoms. The summed E-state index contributed by atoms with van der Waals surface area (Å²) in [5, 5.41) is 8.87. The summed E-state index contributed by atoms with van der Waals surface area (Å²) < 4.78 is 6.74. The standard InChI is InChI=1S/C9H12N2O4.C4H6.C2H2/c12-5-6-1-2-8(15-6)11-4-3-7(13)10-9(11)14;1-3-4-2;1-2/h3-4,6,8,12H,1-2,5H2,(H,10,13,14);4H,1H2,2H3;1-2H/t6-,8+;;/m0../s1. The quantitative estimate of drug-likeness (QED) is 0.624. The Hall–Kier alpha value is -2.32. The van der Waals surface area contributed by atoms with E-state index in [0.29, 0.717) is 12.8 Å². The van der Waals surface area contributed by atoms with Gasteiger partial charge >= 0.3 is 5.69 Å². The van der Waals surface area contributed by atoms with E-state index in [0.717, 1.165) is 0 Å². The number of allylic oxidation sites excluding steroid dienone is 1. The molecule has 114 valence electrons. The zero-order valence-electron chi connectivity index (χ0n) is 12.0. The second-order valence-electron chi connectivity index (χ2n) is 3.98. The third-order valence-corrected chi connectivity index (χ3v) is 2.65. The smallest absolute Gasteiger partial charge is 0.330 e. The van der Waals surface area contributed by atoms with Gasteiger partial charge in [-0.1, -0.05) is 6.58 Å². The molecule has 2 N–H and O–H groups in total. The summed E-state index contributed by atoms with van der Waals surface area (Å²) in [6.07, 6.45) is 12.0. The molecule has 1 fully saturated rings. The molecule has 21 heavy (non-hydrogen) atoms. The van der Waals surface area contributed by atoms with Gasteiger partial charge in [-0.05, 0) is 25.8 Å². The Morgan fingerprint density at radius 3 is 2.62 bits per heavy atom. The second kappa shape index (κ2) is 10.5. The Balaban J connectivity index is 0.000000579. The van der Waals surface area contributed by atoms with Gasteiger partial charge in [-0.2, -0.15) is 0 Å². The molecule has 2 atom stereocenters. The van der Waals surface area contributed by atoms with E-state index in [-0.39, 0.29) is 18.9 Å². The van der Waals surface area contributed by atoms with Gasteiger partial charge in [0, 0.05) is 12.3 Å². The van der Waals surface area contributed by atoms with E-state index in [2.05, 4.69) is 30.1 Å². The highest BCUT2D eigenvalue weighted by Crippen LogP contribution is 2.26. The Labute approximate surface area is 123 Å². The lowest BCUT2D eigenvalue weighted by Gasteiger charge is -2.13. The van der Waals surface area contributed by atoms with Crippen LogP contribution in [-0.2, 0) is 4.74 Å². The average Bonchev–Trinajstić information content (AvgIpc) is 2.98. The highest BCUT2D eigenvalue weighted by atomic mass is 16.5. The zero-order valence-corrected chi connectivity index (χ0v) is 12.0. The fourth-order valence-corrected chi connectivity index (χ4v) is 1.68. The van der Waals surface area contributed by atoms with E-state index in [1.807, 2.05) is 6.92 Å². The minimum atomic E-state index is -0.480. The molecule has 0 radical (unpaired) electrons. The van der Waals surface area contributed by atoms with Crippen molar-refractivity contribution in [2.24, 2.45) is 0 Å². The van der Waals surface area contributed by atoms with Crippen molar-refractivity contribution in [3.63, 3.8) is 0 Å². The van der Waals surface area contributed by atoms with Crippen molar-refractivity contribution in [3.8, 4) is 12.8 Å². The van der Waals surface area contributed by atoms with E-state index in [9.17, 15) is 9.59 Å². The Bertz CT molecular complexity index is 593. The normalized spacial score (nSPS) is 19.2. The van der Waals surface area contributed by atoms with E-state index >= 15 is 0 Å². The van der Waals surface area contributed by atoms with Crippen molar-refractivity contribution in [3.05, 3.63) is 51.5 Å². The Morgan fingerprint density at radius 1 is 1.57 bits per heavy atom. The number of aromatic nitrogens is 2. The van der Waals surface area contributed by atoms with Gasteiger partial charge in [0.25, 0.3) is 5.56 Å². The maximum atomic E-state index is 11.4. The fourth-order valence-electron chi connectivity index (χ4n) is 1.68. The molecule has 1 aromatic rings. The van der Waals surface area contributed by atoms with Crippen LogP contribution in [-0.4, -0.2) is 27.4 Å².